The summed E-state index contributed by atoms with van der Waals surface area (Å²) in [4.78, 5) is 23.1. The third kappa shape index (κ3) is 3.07. The average molecular weight is 249 g/mol. The lowest BCUT2D eigenvalue weighted by Gasteiger charge is -2.25. The number of hydrogen-bond acceptors (Lipinski definition) is 3. The zero-order valence-electron chi connectivity index (χ0n) is 10.7. The Kier molecular flexibility index (Phi) is 4.44. The van der Waals surface area contributed by atoms with Crippen molar-refractivity contribution in [3.05, 3.63) is 29.8 Å². The molecular weight excluding hydrogens is 230 g/mol. The van der Waals surface area contributed by atoms with Crippen molar-refractivity contribution in [2.24, 2.45) is 16.9 Å². The second-order valence-electron chi connectivity index (χ2n) is 4.52. The standard InChI is InChI=1S/C13H19N3O2/c1-3-13(2,8-14)12(18)16-10-6-4-5-9(7-10)11(15)17/h4-7H,3,8,14H2,1-2H3,(H2,15,17)(H,16,18). The molecule has 0 saturated carbocycles. The minimum absolute atomic E-state index is 0.158. The molecule has 2 amide bonds. The summed E-state index contributed by atoms with van der Waals surface area (Å²) in [5.74, 6) is -0.683. The molecule has 1 aromatic carbocycles. The van der Waals surface area contributed by atoms with Crippen LogP contribution in [0.4, 0.5) is 5.69 Å². The maximum absolute atomic E-state index is 12.1. The van der Waals surface area contributed by atoms with Crippen molar-refractivity contribution >= 4 is 17.5 Å². The molecule has 0 spiro atoms. The first-order valence-electron chi connectivity index (χ1n) is 5.84. The molecule has 5 heteroatoms. The van der Waals surface area contributed by atoms with Crippen LogP contribution in [-0.2, 0) is 4.79 Å². The van der Waals surface area contributed by atoms with Gasteiger partial charge in [0.1, 0.15) is 0 Å². The van der Waals surface area contributed by atoms with Gasteiger partial charge in [-0.05, 0) is 31.5 Å². The van der Waals surface area contributed by atoms with Gasteiger partial charge in [-0.15, -0.1) is 0 Å². The van der Waals surface area contributed by atoms with Crippen LogP contribution >= 0.6 is 0 Å². The van der Waals surface area contributed by atoms with Gasteiger partial charge in [0.25, 0.3) is 0 Å². The number of carbonyl (C=O) groups excluding carboxylic acids is 2. The van der Waals surface area contributed by atoms with E-state index in [9.17, 15) is 9.59 Å². The van der Waals surface area contributed by atoms with Crippen molar-refractivity contribution in [2.45, 2.75) is 20.3 Å². The number of rotatable bonds is 5. The Balaban J connectivity index is 2.88. The highest BCUT2D eigenvalue weighted by Gasteiger charge is 2.29. The molecule has 18 heavy (non-hydrogen) atoms. The lowest BCUT2D eigenvalue weighted by molar-refractivity contribution is -0.124. The lowest BCUT2D eigenvalue weighted by Crippen LogP contribution is -2.39. The molecule has 98 valence electrons. The fraction of sp³-hybridized carbons (Fsp3) is 0.385. The van der Waals surface area contributed by atoms with Crippen LogP contribution in [0.25, 0.3) is 0 Å². The first-order chi connectivity index (χ1) is 8.42. The molecule has 5 N–H and O–H groups in total. The highest BCUT2D eigenvalue weighted by atomic mass is 16.2. The molecule has 0 radical (unpaired) electrons. The third-order valence-electron chi connectivity index (χ3n) is 3.18. The van der Waals surface area contributed by atoms with Crippen LogP contribution in [0.1, 0.15) is 30.6 Å². The van der Waals surface area contributed by atoms with Crippen molar-refractivity contribution < 1.29 is 9.59 Å². The Bertz CT molecular complexity index is 453. The molecule has 1 unspecified atom stereocenters. The van der Waals surface area contributed by atoms with Gasteiger partial charge in [-0.25, -0.2) is 0 Å². The summed E-state index contributed by atoms with van der Waals surface area (Å²) < 4.78 is 0. The van der Waals surface area contributed by atoms with E-state index in [1.54, 1.807) is 31.2 Å². The van der Waals surface area contributed by atoms with Gasteiger partial charge in [0.15, 0.2) is 0 Å². The summed E-state index contributed by atoms with van der Waals surface area (Å²) in [6.45, 7) is 3.98. The fourth-order valence-corrected chi connectivity index (χ4v) is 1.43. The summed E-state index contributed by atoms with van der Waals surface area (Å²) in [7, 11) is 0. The number of primary amides is 1. The van der Waals surface area contributed by atoms with Gasteiger partial charge >= 0.3 is 0 Å². The monoisotopic (exact) mass is 249 g/mol. The fourth-order valence-electron chi connectivity index (χ4n) is 1.43. The Morgan fingerprint density at radius 2 is 2.06 bits per heavy atom. The molecule has 0 aliphatic heterocycles. The molecule has 0 aliphatic rings. The third-order valence-corrected chi connectivity index (χ3v) is 3.18. The minimum Gasteiger partial charge on any atom is -0.366 e. The van der Waals surface area contributed by atoms with E-state index in [2.05, 4.69) is 5.32 Å². The zero-order chi connectivity index (χ0) is 13.8. The number of amides is 2. The molecule has 0 aromatic heterocycles. The van der Waals surface area contributed by atoms with Gasteiger partial charge in [-0.3, -0.25) is 9.59 Å². The zero-order valence-corrected chi connectivity index (χ0v) is 10.7. The van der Waals surface area contributed by atoms with E-state index in [1.807, 2.05) is 6.92 Å². The maximum Gasteiger partial charge on any atom is 0.248 e. The lowest BCUT2D eigenvalue weighted by atomic mass is 9.86. The topological polar surface area (TPSA) is 98.2 Å². The second kappa shape index (κ2) is 5.64. The molecule has 5 nitrogen and oxygen atoms in total. The largest absolute Gasteiger partial charge is 0.366 e. The molecule has 1 atom stereocenters. The highest BCUT2D eigenvalue weighted by molar-refractivity contribution is 5.98. The van der Waals surface area contributed by atoms with E-state index < -0.39 is 11.3 Å². The van der Waals surface area contributed by atoms with E-state index in [0.29, 0.717) is 17.7 Å². The van der Waals surface area contributed by atoms with E-state index >= 15 is 0 Å². The number of benzene rings is 1. The van der Waals surface area contributed by atoms with Crippen LogP contribution in [-0.4, -0.2) is 18.4 Å². The quantitative estimate of drug-likeness (QED) is 0.728. The molecule has 1 rings (SSSR count). The van der Waals surface area contributed by atoms with Crippen molar-refractivity contribution in [1.82, 2.24) is 0 Å². The van der Waals surface area contributed by atoms with Gasteiger partial charge in [0, 0.05) is 17.8 Å². The van der Waals surface area contributed by atoms with Gasteiger partial charge in [0.05, 0.1) is 5.41 Å². The Labute approximate surface area is 107 Å². The minimum atomic E-state index is -0.608. The van der Waals surface area contributed by atoms with Gasteiger partial charge in [-0.2, -0.15) is 0 Å². The van der Waals surface area contributed by atoms with E-state index in [1.165, 1.54) is 0 Å². The van der Waals surface area contributed by atoms with Crippen LogP contribution in [0.15, 0.2) is 24.3 Å². The average Bonchev–Trinajstić information content (AvgIpc) is 2.38. The molecule has 0 aliphatic carbocycles. The van der Waals surface area contributed by atoms with E-state index in [0.717, 1.165) is 0 Å². The maximum atomic E-state index is 12.1. The van der Waals surface area contributed by atoms with Crippen molar-refractivity contribution in [1.29, 1.82) is 0 Å². The molecule has 0 bridgehead atoms. The Morgan fingerprint density at radius 1 is 1.39 bits per heavy atom. The predicted octanol–water partition coefficient (Wildman–Crippen LogP) is 1.10. The first-order valence-corrected chi connectivity index (χ1v) is 5.84. The van der Waals surface area contributed by atoms with E-state index in [-0.39, 0.29) is 12.5 Å². The van der Waals surface area contributed by atoms with Gasteiger partial charge in [0.2, 0.25) is 11.8 Å². The van der Waals surface area contributed by atoms with Crippen molar-refractivity contribution in [3.63, 3.8) is 0 Å². The Morgan fingerprint density at radius 3 is 2.56 bits per heavy atom. The molecule has 0 fully saturated rings. The van der Waals surface area contributed by atoms with Gasteiger partial charge in [-0.1, -0.05) is 13.0 Å². The molecule has 0 saturated heterocycles. The second-order valence-corrected chi connectivity index (χ2v) is 4.52. The number of carbonyl (C=O) groups is 2. The SMILES string of the molecule is CCC(C)(CN)C(=O)Nc1cccc(C(N)=O)c1. The summed E-state index contributed by atoms with van der Waals surface area (Å²) >= 11 is 0. The van der Waals surface area contributed by atoms with Crippen LogP contribution < -0.4 is 16.8 Å². The summed E-state index contributed by atoms with van der Waals surface area (Å²) in [6.07, 6.45) is 0.644. The summed E-state index contributed by atoms with van der Waals surface area (Å²) in [5, 5.41) is 2.75. The molecule has 1 aromatic rings. The van der Waals surface area contributed by atoms with Crippen molar-refractivity contribution in [3.8, 4) is 0 Å². The van der Waals surface area contributed by atoms with Crippen LogP contribution in [0.5, 0.6) is 0 Å². The number of anilines is 1. The number of hydrogen-bond donors (Lipinski definition) is 3. The van der Waals surface area contributed by atoms with Crippen LogP contribution in [0.2, 0.25) is 0 Å². The smallest absolute Gasteiger partial charge is 0.248 e. The summed E-state index contributed by atoms with van der Waals surface area (Å²) in [5.41, 5.74) is 11.1. The molecular formula is C13H19N3O2. The van der Waals surface area contributed by atoms with Gasteiger partial charge < -0.3 is 16.8 Å². The first kappa shape index (κ1) is 14.2. The summed E-state index contributed by atoms with van der Waals surface area (Å²) in [6, 6.07) is 6.52. The van der Waals surface area contributed by atoms with Crippen LogP contribution in [0, 0.1) is 5.41 Å². The van der Waals surface area contributed by atoms with Crippen LogP contribution in [0.3, 0.4) is 0 Å². The number of nitrogens with one attached hydrogen (secondary N) is 1. The normalized spacial score (nSPS) is 13.7. The molecule has 0 heterocycles. The Hall–Kier alpha value is -1.88. The highest BCUT2D eigenvalue weighted by Crippen LogP contribution is 2.22. The van der Waals surface area contributed by atoms with Crippen molar-refractivity contribution in [2.75, 3.05) is 11.9 Å². The predicted molar refractivity (Wildman–Crippen MR) is 71.0 cm³/mol. The van der Waals surface area contributed by atoms with E-state index in [4.69, 9.17) is 11.5 Å². The number of nitrogens with two attached hydrogens (primary N) is 2.